The van der Waals surface area contributed by atoms with Crippen LogP contribution in [-0.4, -0.2) is 16.3 Å². The van der Waals surface area contributed by atoms with Crippen molar-refractivity contribution in [1.82, 2.24) is 9.78 Å². The van der Waals surface area contributed by atoms with Crippen LogP contribution in [0, 0.1) is 30.6 Å². The molecular formula is C9H10N4. The van der Waals surface area contributed by atoms with Gasteiger partial charge in [-0.05, 0) is 6.92 Å². The van der Waals surface area contributed by atoms with Crippen LogP contribution < -0.4 is 5.32 Å². The van der Waals surface area contributed by atoms with E-state index in [1.54, 1.807) is 18.7 Å². The topological polar surface area (TPSA) is 53.6 Å². The second-order valence-electron chi connectivity index (χ2n) is 2.60. The molecule has 0 radical (unpaired) electrons. The Balaban J connectivity index is 3.06. The molecule has 1 heterocycles. The van der Waals surface area contributed by atoms with E-state index in [9.17, 15) is 0 Å². The van der Waals surface area contributed by atoms with Gasteiger partial charge in [0.05, 0.1) is 12.2 Å². The van der Waals surface area contributed by atoms with Gasteiger partial charge in [-0.1, -0.05) is 5.92 Å². The van der Waals surface area contributed by atoms with Crippen LogP contribution in [-0.2, 0) is 7.05 Å². The van der Waals surface area contributed by atoms with Gasteiger partial charge in [0.15, 0.2) is 0 Å². The number of terminal acetylenes is 1. The van der Waals surface area contributed by atoms with E-state index >= 15 is 0 Å². The Morgan fingerprint density at radius 3 is 2.92 bits per heavy atom. The molecule has 0 unspecified atom stereocenters. The van der Waals surface area contributed by atoms with E-state index in [0.29, 0.717) is 23.6 Å². The van der Waals surface area contributed by atoms with Crippen molar-refractivity contribution < 1.29 is 0 Å². The molecule has 4 heteroatoms. The SMILES string of the molecule is C#CCNc1c(C#N)c(C)nn1C. The van der Waals surface area contributed by atoms with Gasteiger partial charge in [-0.2, -0.15) is 10.4 Å². The van der Waals surface area contributed by atoms with Gasteiger partial charge in [-0.25, -0.2) is 0 Å². The summed E-state index contributed by atoms with van der Waals surface area (Å²) in [5.41, 5.74) is 1.27. The Bertz CT molecular complexity index is 389. The zero-order valence-electron chi connectivity index (χ0n) is 7.63. The molecular weight excluding hydrogens is 164 g/mol. The van der Waals surface area contributed by atoms with E-state index in [0.717, 1.165) is 0 Å². The second-order valence-corrected chi connectivity index (χ2v) is 2.60. The highest BCUT2D eigenvalue weighted by atomic mass is 15.3. The van der Waals surface area contributed by atoms with Crippen LogP contribution in [0.15, 0.2) is 0 Å². The van der Waals surface area contributed by atoms with Crippen molar-refractivity contribution in [2.24, 2.45) is 7.05 Å². The van der Waals surface area contributed by atoms with Gasteiger partial charge in [0.2, 0.25) is 0 Å². The lowest BCUT2D eigenvalue weighted by atomic mass is 10.2. The first-order valence-electron chi connectivity index (χ1n) is 3.81. The van der Waals surface area contributed by atoms with Crippen LogP contribution >= 0.6 is 0 Å². The van der Waals surface area contributed by atoms with E-state index in [2.05, 4.69) is 22.4 Å². The molecule has 0 bridgehead atoms. The van der Waals surface area contributed by atoms with E-state index in [1.807, 2.05) is 0 Å². The Morgan fingerprint density at radius 2 is 2.38 bits per heavy atom. The molecule has 0 aliphatic carbocycles. The van der Waals surface area contributed by atoms with Crippen molar-refractivity contribution in [3.8, 4) is 18.4 Å². The number of hydrogen-bond donors (Lipinski definition) is 1. The molecule has 1 aromatic rings. The summed E-state index contributed by atoms with van der Waals surface area (Å²) in [5, 5.41) is 15.9. The fourth-order valence-electron chi connectivity index (χ4n) is 1.13. The molecule has 0 saturated carbocycles. The summed E-state index contributed by atoms with van der Waals surface area (Å²) >= 11 is 0. The van der Waals surface area contributed by atoms with Gasteiger partial charge in [0.1, 0.15) is 17.5 Å². The molecule has 13 heavy (non-hydrogen) atoms. The van der Waals surface area contributed by atoms with E-state index in [4.69, 9.17) is 11.7 Å². The largest absolute Gasteiger partial charge is 0.358 e. The molecule has 0 aromatic carbocycles. The maximum absolute atomic E-state index is 8.82. The highest BCUT2D eigenvalue weighted by molar-refractivity contribution is 5.55. The minimum Gasteiger partial charge on any atom is -0.358 e. The minimum absolute atomic E-state index is 0.396. The molecule has 0 fully saturated rings. The number of nitrogens with zero attached hydrogens (tertiary/aromatic N) is 3. The lowest BCUT2D eigenvalue weighted by Gasteiger charge is -2.01. The second kappa shape index (κ2) is 3.64. The molecule has 0 aliphatic rings. The standard InChI is InChI=1S/C9H10N4/c1-4-5-11-9-8(6-10)7(2)12-13(9)3/h1,11H,5H2,2-3H3. The zero-order valence-corrected chi connectivity index (χ0v) is 7.63. The van der Waals surface area contributed by atoms with Gasteiger partial charge in [-0.3, -0.25) is 4.68 Å². The molecule has 0 atom stereocenters. The smallest absolute Gasteiger partial charge is 0.143 e. The molecule has 1 aromatic heterocycles. The predicted molar refractivity (Wildman–Crippen MR) is 50.0 cm³/mol. The van der Waals surface area contributed by atoms with Crippen molar-refractivity contribution in [1.29, 1.82) is 5.26 Å². The number of nitriles is 1. The number of nitrogens with one attached hydrogen (secondary N) is 1. The molecule has 0 saturated heterocycles. The third kappa shape index (κ3) is 1.62. The normalized spacial score (nSPS) is 8.92. The summed E-state index contributed by atoms with van der Waals surface area (Å²) in [6, 6.07) is 2.08. The third-order valence-corrected chi connectivity index (χ3v) is 1.69. The summed E-state index contributed by atoms with van der Waals surface area (Å²) in [6.45, 7) is 2.19. The van der Waals surface area contributed by atoms with Crippen LogP contribution in [0.1, 0.15) is 11.3 Å². The van der Waals surface area contributed by atoms with Crippen LogP contribution in [0.5, 0.6) is 0 Å². The van der Waals surface area contributed by atoms with Gasteiger partial charge in [0.25, 0.3) is 0 Å². The van der Waals surface area contributed by atoms with Crippen molar-refractivity contribution in [3.05, 3.63) is 11.3 Å². The van der Waals surface area contributed by atoms with Crippen molar-refractivity contribution >= 4 is 5.82 Å². The highest BCUT2D eigenvalue weighted by Crippen LogP contribution is 2.16. The predicted octanol–water partition coefficient (Wildman–Crippen LogP) is 0.645. The molecule has 4 nitrogen and oxygen atoms in total. The molecule has 0 aliphatic heterocycles. The summed E-state index contributed by atoms with van der Waals surface area (Å²) in [5.74, 6) is 3.12. The number of hydrogen-bond acceptors (Lipinski definition) is 3. The third-order valence-electron chi connectivity index (χ3n) is 1.69. The first-order valence-corrected chi connectivity index (χ1v) is 3.81. The van der Waals surface area contributed by atoms with E-state index < -0.39 is 0 Å². The summed E-state index contributed by atoms with van der Waals surface area (Å²) < 4.78 is 1.62. The zero-order chi connectivity index (χ0) is 9.84. The average Bonchev–Trinajstić information content (AvgIpc) is 2.37. The number of rotatable bonds is 2. The maximum atomic E-state index is 8.82. The van der Waals surface area contributed by atoms with Gasteiger partial charge in [-0.15, -0.1) is 6.42 Å². The lowest BCUT2D eigenvalue weighted by Crippen LogP contribution is -2.05. The van der Waals surface area contributed by atoms with Crippen LogP contribution in [0.25, 0.3) is 0 Å². The summed E-state index contributed by atoms with van der Waals surface area (Å²) in [4.78, 5) is 0. The van der Waals surface area contributed by atoms with Gasteiger partial charge < -0.3 is 5.32 Å². The minimum atomic E-state index is 0.396. The van der Waals surface area contributed by atoms with Crippen molar-refractivity contribution in [2.45, 2.75) is 6.92 Å². The number of anilines is 1. The van der Waals surface area contributed by atoms with E-state index in [-0.39, 0.29) is 0 Å². The molecule has 1 rings (SSSR count). The summed E-state index contributed by atoms with van der Waals surface area (Å²) in [6.07, 6.45) is 5.10. The van der Waals surface area contributed by atoms with Crippen LogP contribution in [0.4, 0.5) is 5.82 Å². The Hall–Kier alpha value is -1.94. The first kappa shape index (κ1) is 9.15. The summed E-state index contributed by atoms with van der Waals surface area (Å²) in [7, 11) is 1.77. The number of aromatic nitrogens is 2. The van der Waals surface area contributed by atoms with E-state index in [1.165, 1.54) is 0 Å². The van der Waals surface area contributed by atoms with Crippen LogP contribution in [0.2, 0.25) is 0 Å². The Labute approximate surface area is 77.2 Å². The first-order chi connectivity index (χ1) is 6.20. The quantitative estimate of drug-likeness (QED) is 0.669. The average molecular weight is 174 g/mol. The van der Waals surface area contributed by atoms with Crippen LogP contribution in [0.3, 0.4) is 0 Å². The maximum Gasteiger partial charge on any atom is 0.143 e. The molecule has 0 amide bonds. The number of aryl methyl sites for hydroxylation is 2. The van der Waals surface area contributed by atoms with Crippen molar-refractivity contribution in [3.63, 3.8) is 0 Å². The van der Waals surface area contributed by atoms with Crippen molar-refractivity contribution in [2.75, 3.05) is 11.9 Å². The molecule has 0 spiro atoms. The Morgan fingerprint density at radius 1 is 1.69 bits per heavy atom. The van der Waals surface area contributed by atoms with Gasteiger partial charge in [0, 0.05) is 7.05 Å². The highest BCUT2D eigenvalue weighted by Gasteiger charge is 2.10. The fraction of sp³-hybridized carbons (Fsp3) is 0.333. The monoisotopic (exact) mass is 174 g/mol. The molecule has 1 N–H and O–H groups in total. The van der Waals surface area contributed by atoms with Gasteiger partial charge >= 0.3 is 0 Å². The fourth-order valence-corrected chi connectivity index (χ4v) is 1.13. The Kier molecular flexibility index (Phi) is 2.56. The lowest BCUT2D eigenvalue weighted by molar-refractivity contribution is 0.761. The molecule has 66 valence electrons.